The van der Waals surface area contributed by atoms with Gasteiger partial charge in [0.1, 0.15) is 5.60 Å². The van der Waals surface area contributed by atoms with Crippen LogP contribution in [0, 0.1) is 6.92 Å². The molecular weight excluding hydrogens is 280 g/mol. The molecule has 0 aliphatic heterocycles. The summed E-state index contributed by atoms with van der Waals surface area (Å²) in [5.74, 6) is 0. The van der Waals surface area contributed by atoms with Crippen LogP contribution in [0.1, 0.15) is 17.4 Å². The van der Waals surface area contributed by atoms with Gasteiger partial charge in [-0.2, -0.15) is 11.3 Å². The van der Waals surface area contributed by atoms with Crippen molar-refractivity contribution in [2.45, 2.75) is 19.4 Å². The van der Waals surface area contributed by atoms with Crippen molar-refractivity contribution in [3.63, 3.8) is 0 Å². The third kappa shape index (κ3) is 3.79. The molecule has 1 atom stereocenters. The van der Waals surface area contributed by atoms with Crippen molar-refractivity contribution in [3.05, 3.63) is 39.4 Å². The van der Waals surface area contributed by atoms with Crippen LogP contribution in [-0.4, -0.2) is 17.7 Å². The van der Waals surface area contributed by atoms with Crippen LogP contribution < -0.4 is 10.6 Å². The third-order valence-corrected chi connectivity index (χ3v) is 4.31. The molecule has 0 radical (unpaired) electrons. The fourth-order valence-corrected chi connectivity index (χ4v) is 3.13. The van der Waals surface area contributed by atoms with Crippen molar-refractivity contribution in [1.82, 2.24) is 5.32 Å². The first-order valence-corrected chi connectivity index (χ1v) is 7.60. The Bertz CT molecular complexity index is 547. The Morgan fingerprint density at radius 1 is 1.42 bits per heavy atom. The number of aryl methyl sites for hydroxylation is 1. The van der Waals surface area contributed by atoms with Crippen LogP contribution in [-0.2, 0) is 5.60 Å². The number of carbonyl (C=O) groups is 1. The van der Waals surface area contributed by atoms with Gasteiger partial charge in [-0.25, -0.2) is 4.79 Å². The van der Waals surface area contributed by atoms with Crippen LogP contribution in [0.4, 0.5) is 9.80 Å². The number of nitrogens with one attached hydrogen (secondary N) is 2. The van der Waals surface area contributed by atoms with Gasteiger partial charge in [0.2, 0.25) is 0 Å². The summed E-state index contributed by atoms with van der Waals surface area (Å²) in [5, 5.41) is 20.3. The fourth-order valence-electron chi connectivity index (χ4n) is 1.58. The molecule has 2 rings (SSSR count). The van der Waals surface area contributed by atoms with Crippen LogP contribution >= 0.6 is 22.7 Å². The summed E-state index contributed by atoms with van der Waals surface area (Å²) >= 11 is 3.03. The van der Waals surface area contributed by atoms with Crippen LogP contribution in [0.3, 0.4) is 0 Å². The van der Waals surface area contributed by atoms with E-state index in [0.717, 1.165) is 15.4 Å². The monoisotopic (exact) mass is 296 g/mol. The largest absolute Gasteiger partial charge is 0.384 e. The van der Waals surface area contributed by atoms with E-state index in [1.165, 1.54) is 22.7 Å². The minimum absolute atomic E-state index is 0.167. The molecule has 2 heterocycles. The maximum absolute atomic E-state index is 11.7. The first-order valence-electron chi connectivity index (χ1n) is 5.84. The number of rotatable bonds is 4. The van der Waals surface area contributed by atoms with Crippen LogP contribution in [0.5, 0.6) is 0 Å². The molecule has 19 heavy (non-hydrogen) atoms. The quantitative estimate of drug-likeness (QED) is 0.811. The van der Waals surface area contributed by atoms with E-state index < -0.39 is 5.60 Å². The van der Waals surface area contributed by atoms with E-state index in [2.05, 4.69) is 10.6 Å². The molecule has 6 heteroatoms. The molecule has 1 unspecified atom stereocenters. The van der Waals surface area contributed by atoms with Gasteiger partial charge in [0.25, 0.3) is 0 Å². The molecule has 0 aliphatic rings. The number of hydrogen-bond acceptors (Lipinski definition) is 4. The predicted octanol–water partition coefficient (Wildman–Crippen LogP) is 3.15. The summed E-state index contributed by atoms with van der Waals surface area (Å²) in [7, 11) is 0. The van der Waals surface area contributed by atoms with Gasteiger partial charge in [-0.3, -0.25) is 5.32 Å². The number of carbonyl (C=O) groups excluding carboxylic acids is 1. The molecule has 0 saturated carbocycles. The van der Waals surface area contributed by atoms with Gasteiger partial charge in [0.05, 0.1) is 11.5 Å². The number of hydrogen-bond donors (Lipinski definition) is 3. The first-order chi connectivity index (χ1) is 8.97. The number of anilines is 1. The van der Waals surface area contributed by atoms with Crippen molar-refractivity contribution in [2.24, 2.45) is 0 Å². The summed E-state index contributed by atoms with van der Waals surface area (Å²) in [6, 6.07) is 5.35. The zero-order valence-electron chi connectivity index (χ0n) is 10.8. The number of aliphatic hydroxyl groups is 1. The van der Waals surface area contributed by atoms with Crippen LogP contribution in [0.2, 0.25) is 0 Å². The molecule has 2 amide bonds. The Morgan fingerprint density at radius 2 is 2.21 bits per heavy atom. The van der Waals surface area contributed by atoms with Gasteiger partial charge in [-0.1, -0.05) is 0 Å². The molecule has 2 aromatic rings. The lowest BCUT2D eigenvalue weighted by atomic mass is 9.99. The lowest BCUT2D eigenvalue weighted by Crippen LogP contribution is -2.40. The van der Waals surface area contributed by atoms with Crippen molar-refractivity contribution in [3.8, 4) is 0 Å². The maximum atomic E-state index is 11.7. The highest BCUT2D eigenvalue weighted by Gasteiger charge is 2.24. The van der Waals surface area contributed by atoms with Crippen molar-refractivity contribution < 1.29 is 9.90 Å². The lowest BCUT2D eigenvalue weighted by Gasteiger charge is -2.22. The smallest absolute Gasteiger partial charge is 0.319 e. The average molecular weight is 296 g/mol. The standard InChI is InChI=1S/C13H16N2O2S2/c1-9-3-4-11(19-9)15-12(16)14-8-13(2,17)10-5-6-18-7-10/h3-7,17H,8H2,1-2H3,(H2,14,15,16). The van der Waals surface area contributed by atoms with E-state index in [4.69, 9.17) is 0 Å². The summed E-state index contributed by atoms with van der Waals surface area (Å²) in [4.78, 5) is 12.9. The van der Waals surface area contributed by atoms with E-state index in [-0.39, 0.29) is 12.6 Å². The molecule has 0 saturated heterocycles. The van der Waals surface area contributed by atoms with Crippen LogP contribution in [0.25, 0.3) is 0 Å². The molecule has 0 bridgehead atoms. The molecule has 0 spiro atoms. The molecule has 3 N–H and O–H groups in total. The van der Waals surface area contributed by atoms with Crippen LogP contribution in [0.15, 0.2) is 29.0 Å². The van der Waals surface area contributed by atoms with E-state index in [9.17, 15) is 9.90 Å². The highest BCUT2D eigenvalue weighted by Crippen LogP contribution is 2.23. The Kier molecular flexibility index (Phi) is 4.24. The summed E-state index contributed by atoms with van der Waals surface area (Å²) in [6.45, 7) is 3.83. The van der Waals surface area contributed by atoms with E-state index in [0.29, 0.717) is 0 Å². The van der Waals surface area contributed by atoms with E-state index in [1.54, 1.807) is 6.92 Å². The number of thiophene rings is 2. The normalized spacial score (nSPS) is 13.8. The Labute approximate surface area is 120 Å². The maximum Gasteiger partial charge on any atom is 0.319 e. The highest BCUT2D eigenvalue weighted by atomic mass is 32.1. The molecule has 0 aliphatic carbocycles. The van der Waals surface area contributed by atoms with Gasteiger partial charge in [-0.05, 0) is 48.4 Å². The molecule has 4 nitrogen and oxygen atoms in total. The minimum atomic E-state index is -1.05. The number of urea groups is 1. The van der Waals surface area contributed by atoms with Gasteiger partial charge in [0, 0.05) is 4.88 Å². The van der Waals surface area contributed by atoms with E-state index >= 15 is 0 Å². The second kappa shape index (κ2) is 5.73. The fraction of sp³-hybridized carbons (Fsp3) is 0.308. The summed E-state index contributed by atoms with van der Waals surface area (Å²) in [6.07, 6.45) is 0. The van der Waals surface area contributed by atoms with Gasteiger partial charge in [0.15, 0.2) is 0 Å². The second-order valence-corrected chi connectivity index (χ2v) is 6.57. The predicted molar refractivity (Wildman–Crippen MR) is 80.0 cm³/mol. The summed E-state index contributed by atoms with van der Waals surface area (Å²) < 4.78 is 0. The lowest BCUT2D eigenvalue weighted by molar-refractivity contribution is 0.0604. The average Bonchev–Trinajstić information content (AvgIpc) is 2.98. The molecule has 2 aromatic heterocycles. The van der Waals surface area contributed by atoms with Gasteiger partial charge >= 0.3 is 6.03 Å². The van der Waals surface area contributed by atoms with Crippen molar-refractivity contribution in [2.75, 3.05) is 11.9 Å². The molecular formula is C13H16N2O2S2. The highest BCUT2D eigenvalue weighted by molar-refractivity contribution is 7.16. The van der Waals surface area contributed by atoms with Crippen molar-refractivity contribution >= 4 is 33.7 Å². The topological polar surface area (TPSA) is 61.4 Å². The molecule has 0 aromatic carbocycles. The summed E-state index contributed by atoms with van der Waals surface area (Å²) in [5.41, 5.74) is -0.243. The van der Waals surface area contributed by atoms with E-state index in [1.807, 2.05) is 35.9 Å². The molecule has 102 valence electrons. The Hall–Kier alpha value is -1.37. The second-order valence-electron chi connectivity index (χ2n) is 4.50. The minimum Gasteiger partial charge on any atom is -0.384 e. The molecule has 0 fully saturated rings. The van der Waals surface area contributed by atoms with Gasteiger partial charge in [-0.15, -0.1) is 11.3 Å². The van der Waals surface area contributed by atoms with Crippen molar-refractivity contribution in [1.29, 1.82) is 0 Å². The Balaban J connectivity index is 1.87. The SMILES string of the molecule is Cc1ccc(NC(=O)NCC(C)(O)c2ccsc2)s1. The zero-order valence-corrected chi connectivity index (χ0v) is 12.4. The first kappa shape index (κ1) is 14.0. The number of amides is 2. The zero-order chi connectivity index (χ0) is 13.9. The van der Waals surface area contributed by atoms with Gasteiger partial charge < -0.3 is 10.4 Å². The Morgan fingerprint density at radius 3 is 2.79 bits per heavy atom. The third-order valence-electron chi connectivity index (χ3n) is 2.71.